The number of hydrogen-bond donors (Lipinski definition) is 0. The van der Waals surface area contributed by atoms with Gasteiger partial charge in [0.15, 0.2) is 0 Å². The molecule has 0 rings (SSSR count). The van der Waals surface area contributed by atoms with Crippen LogP contribution in [0.4, 0.5) is 0 Å². The highest BCUT2D eigenvalue weighted by Crippen LogP contribution is 2.11. The number of ether oxygens (including phenoxy) is 2. The van der Waals surface area contributed by atoms with E-state index in [1.807, 2.05) is 0 Å². The van der Waals surface area contributed by atoms with Gasteiger partial charge < -0.3 is 14.0 Å². The van der Waals surface area contributed by atoms with Gasteiger partial charge in [0.2, 0.25) is 0 Å². The van der Waals surface area contributed by atoms with Gasteiger partial charge in [0, 0.05) is 12.2 Å². The lowest BCUT2D eigenvalue weighted by Crippen LogP contribution is -2.49. The number of likely N-dealkylation sites (N-methyl/N-ethyl adjacent to an activating group) is 1. The standard InChI is InChI=1S/C29H48NO4/c1-5-8-9-10-11-12-13-14-15-16-17-18-19-20-21-22-23-30(4,24-26-33-28(31)6-2)25-27-34-29(32)7-3/h6-7,10-15H,2-3,5,8-9,16-27H2,1,4H3/q+1/b11-10+,13-12+,15-14-. The summed E-state index contributed by atoms with van der Waals surface area (Å²) >= 11 is 0. The zero-order valence-corrected chi connectivity index (χ0v) is 21.7. The minimum atomic E-state index is -0.408. The number of rotatable bonds is 22. The Morgan fingerprint density at radius 3 is 1.65 bits per heavy atom. The number of nitrogens with zero attached hydrogens (tertiary/aromatic N) is 1. The second-order valence-corrected chi connectivity index (χ2v) is 8.83. The van der Waals surface area contributed by atoms with Crippen LogP contribution in [0.15, 0.2) is 61.8 Å². The fourth-order valence-corrected chi connectivity index (χ4v) is 3.45. The van der Waals surface area contributed by atoms with Crippen molar-refractivity contribution in [3.63, 3.8) is 0 Å². The molecule has 34 heavy (non-hydrogen) atoms. The number of allylic oxidation sites excluding steroid dienone is 6. The molecule has 0 atom stereocenters. The normalized spacial score (nSPS) is 11.9. The smallest absolute Gasteiger partial charge is 0.330 e. The first-order valence-electron chi connectivity index (χ1n) is 12.9. The van der Waals surface area contributed by atoms with Crippen LogP contribution in [0.3, 0.4) is 0 Å². The van der Waals surface area contributed by atoms with Crippen molar-refractivity contribution in [1.29, 1.82) is 0 Å². The SMILES string of the molecule is C=CC(=O)OCC[N+](C)(CCCCCCCC\C=C/C=C/C=C/CCCC)CCOC(=O)C=C. The summed E-state index contributed by atoms with van der Waals surface area (Å²) in [6, 6.07) is 0. The molecule has 0 unspecified atom stereocenters. The molecule has 0 saturated heterocycles. The number of hydrogen-bond acceptors (Lipinski definition) is 4. The molecule has 5 nitrogen and oxygen atoms in total. The Balaban J connectivity index is 4.03. The summed E-state index contributed by atoms with van der Waals surface area (Å²) in [5.74, 6) is -0.815. The molecule has 0 radical (unpaired) electrons. The second kappa shape index (κ2) is 22.4. The molecule has 192 valence electrons. The zero-order valence-electron chi connectivity index (χ0n) is 21.7. The fourth-order valence-electron chi connectivity index (χ4n) is 3.45. The largest absolute Gasteiger partial charge is 0.457 e. The second-order valence-electron chi connectivity index (χ2n) is 8.83. The maximum atomic E-state index is 11.3. The van der Waals surface area contributed by atoms with Gasteiger partial charge in [0.1, 0.15) is 26.3 Å². The van der Waals surface area contributed by atoms with Gasteiger partial charge in [-0.3, -0.25) is 0 Å². The van der Waals surface area contributed by atoms with Gasteiger partial charge in [-0.25, -0.2) is 9.59 Å². The maximum absolute atomic E-state index is 11.3. The lowest BCUT2D eigenvalue weighted by Gasteiger charge is -2.34. The Labute approximate surface area is 208 Å². The minimum absolute atomic E-state index is 0.328. The summed E-state index contributed by atoms with van der Waals surface area (Å²) in [7, 11) is 2.12. The first-order chi connectivity index (χ1) is 16.5. The first-order valence-corrected chi connectivity index (χ1v) is 12.9. The van der Waals surface area contributed by atoms with Gasteiger partial charge in [0.25, 0.3) is 0 Å². The van der Waals surface area contributed by atoms with E-state index in [-0.39, 0.29) is 0 Å². The molecule has 0 bridgehead atoms. The molecule has 0 N–H and O–H groups in total. The Morgan fingerprint density at radius 1 is 0.676 bits per heavy atom. The van der Waals surface area contributed by atoms with Gasteiger partial charge in [0.05, 0.1) is 13.6 Å². The molecular weight excluding hydrogens is 426 g/mol. The average molecular weight is 475 g/mol. The Morgan fingerprint density at radius 2 is 1.15 bits per heavy atom. The van der Waals surface area contributed by atoms with Crippen LogP contribution >= 0.6 is 0 Å². The molecule has 0 fully saturated rings. The van der Waals surface area contributed by atoms with Crippen LogP contribution in [0.1, 0.15) is 71.1 Å². The fraction of sp³-hybridized carbons (Fsp3) is 0.586. The number of esters is 2. The molecule has 0 spiro atoms. The molecule has 0 aromatic heterocycles. The van der Waals surface area contributed by atoms with Crippen LogP contribution in [0.25, 0.3) is 0 Å². The van der Waals surface area contributed by atoms with Crippen LogP contribution in [0.5, 0.6) is 0 Å². The molecule has 0 amide bonds. The Hall–Kier alpha value is -2.40. The van der Waals surface area contributed by atoms with Crippen molar-refractivity contribution in [2.24, 2.45) is 0 Å². The molecule has 0 aromatic rings. The minimum Gasteiger partial charge on any atom is -0.457 e. The number of quaternary nitrogens is 1. The molecule has 0 heterocycles. The monoisotopic (exact) mass is 474 g/mol. The van der Waals surface area contributed by atoms with Crippen molar-refractivity contribution in [3.8, 4) is 0 Å². The number of carbonyl (C=O) groups excluding carboxylic acids is 2. The summed E-state index contributed by atoms with van der Waals surface area (Å²) in [5, 5.41) is 0. The summed E-state index contributed by atoms with van der Waals surface area (Å²) in [5.41, 5.74) is 0. The van der Waals surface area contributed by atoms with E-state index in [0.29, 0.717) is 30.8 Å². The number of carbonyl (C=O) groups is 2. The van der Waals surface area contributed by atoms with Crippen molar-refractivity contribution in [2.45, 2.75) is 71.1 Å². The van der Waals surface area contributed by atoms with Gasteiger partial charge in [-0.05, 0) is 32.1 Å². The lowest BCUT2D eigenvalue weighted by molar-refractivity contribution is -0.910. The van der Waals surface area contributed by atoms with E-state index in [1.54, 1.807) is 0 Å². The van der Waals surface area contributed by atoms with Gasteiger partial charge >= 0.3 is 11.9 Å². The molecule has 0 aliphatic rings. The van der Waals surface area contributed by atoms with E-state index >= 15 is 0 Å². The van der Waals surface area contributed by atoms with Crippen LogP contribution in [-0.4, -0.2) is 56.3 Å². The van der Waals surface area contributed by atoms with Gasteiger partial charge in [-0.2, -0.15) is 0 Å². The molecule has 5 heteroatoms. The number of unbranched alkanes of at least 4 members (excludes halogenated alkanes) is 8. The van der Waals surface area contributed by atoms with Crippen LogP contribution in [-0.2, 0) is 19.1 Å². The van der Waals surface area contributed by atoms with E-state index in [4.69, 9.17) is 9.47 Å². The van der Waals surface area contributed by atoms with E-state index in [2.05, 4.69) is 63.6 Å². The highest BCUT2D eigenvalue weighted by Gasteiger charge is 2.22. The van der Waals surface area contributed by atoms with Gasteiger partial charge in [-0.1, -0.05) is 88.6 Å². The highest BCUT2D eigenvalue weighted by atomic mass is 16.5. The Bertz CT molecular complexity index is 623. The predicted octanol–water partition coefficient (Wildman–Crippen LogP) is 6.48. The third kappa shape index (κ3) is 20.2. The van der Waals surface area contributed by atoms with Gasteiger partial charge in [-0.15, -0.1) is 0 Å². The van der Waals surface area contributed by atoms with Crippen LogP contribution in [0, 0.1) is 0 Å². The zero-order chi connectivity index (χ0) is 25.3. The lowest BCUT2D eigenvalue weighted by atomic mass is 10.1. The molecule has 0 aliphatic heterocycles. The summed E-state index contributed by atoms with van der Waals surface area (Å²) in [6.45, 7) is 12.0. The van der Waals surface area contributed by atoms with Crippen LogP contribution < -0.4 is 0 Å². The Kier molecular flexibility index (Phi) is 20.8. The molecule has 0 aromatic carbocycles. The molecular formula is C29H48NO4+. The van der Waals surface area contributed by atoms with Crippen molar-refractivity contribution < 1.29 is 23.5 Å². The van der Waals surface area contributed by atoms with Crippen molar-refractivity contribution in [2.75, 3.05) is 39.9 Å². The van der Waals surface area contributed by atoms with E-state index in [0.717, 1.165) is 19.4 Å². The summed E-state index contributed by atoms with van der Waals surface area (Å²) in [6.07, 6.45) is 27.3. The van der Waals surface area contributed by atoms with E-state index < -0.39 is 11.9 Å². The molecule has 0 aliphatic carbocycles. The maximum Gasteiger partial charge on any atom is 0.330 e. The highest BCUT2D eigenvalue weighted by molar-refractivity contribution is 5.81. The summed E-state index contributed by atoms with van der Waals surface area (Å²) < 4.78 is 11.0. The van der Waals surface area contributed by atoms with E-state index in [9.17, 15) is 9.59 Å². The van der Waals surface area contributed by atoms with Crippen molar-refractivity contribution in [1.82, 2.24) is 0 Å². The average Bonchev–Trinajstić information content (AvgIpc) is 2.83. The van der Waals surface area contributed by atoms with Crippen molar-refractivity contribution >= 4 is 11.9 Å². The third-order valence-corrected chi connectivity index (χ3v) is 5.73. The molecule has 0 saturated carbocycles. The van der Waals surface area contributed by atoms with Crippen LogP contribution in [0.2, 0.25) is 0 Å². The van der Waals surface area contributed by atoms with E-state index in [1.165, 1.54) is 63.5 Å². The topological polar surface area (TPSA) is 52.6 Å². The third-order valence-electron chi connectivity index (χ3n) is 5.73. The summed E-state index contributed by atoms with van der Waals surface area (Å²) in [4.78, 5) is 22.6. The van der Waals surface area contributed by atoms with Crippen molar-refractivity contribution in [3.05, 3.63) is 61.8 Å². The first kappa shape index (κ1) is 31.6. The quantitative estimate of drug-likeness (QED) is 0.0592. The predicted molar refractivity (Wildman–Crippen MR) is 142 cm³/mol.